The van der Waals surface area contributed by atoms with E-state index < -0.39 is 10.7 Å². The van der Waals surface area contributed by atoms with Gasteiger partial charge in [0.1, 0.15) is 22.0 Å². The van der Waals surface area contributed by atoms with E-state index in [2.05, 4.69) is 15.9 Å². The summed E-state index contributed by atoms with van der Waals surface area (Å²) in [7, 11) is 0. The van der Waals surface area contributed by atoms with Crippen LogP contribution in [0.4, 0.5) is 5.69 Å². The third kappa shape index (κ3) is 2.89. The van der Waals surface area contributed by atoms with Gasteiger partial charge in [-0.15, -0.1) is 0 Å². The van der Waals surface area contributed by atoms with Crippen molar-refractivity contribution in [1.82, 2.24) is 0 Å². The predicted octanol–water partition coefficient (Wildman–Crippen LogP) is 2.76. The van der Waals surface area contributed by atoms with Crippen LogP contribution in [-0.4, -0.2) is 14.7 Å². The van der Waals surface area contributed by atoms with Gasteiger partial charge in [-0.3, -0.25) is 15.5 Å². The lowest BCUT2D eigenvalue weighted by Gasteiger charge is -2.02. The van der Waals surface area contributed by atoms with Crippen molar-refractivity contribution >= 4 is 32.0 Å². The van der Waals surface area contributed by atoms with Crippen LogP contribution in [0.2, 0.25) is 0 Å². The Bertz CT molecular complexity index is 543. The van der Waals surface area contributed by atoms with Crippen molar-refractivity contribution in [2.24, 2.45) is 0 Å². The lowest BCUT2D eigenvalue weighted by atomic mass is 10.1. The Labute approximate surface area is 105 Å². The number of halogens is 1. The van der Waals surface area contributed by atoms with Crippen LogP contribution in [-0.2, 0) is 0 Å². The van der Waals surface area contributed by atoms with Crippen LogP contribution < -0.4 is 0 Å². The predicted molar refractivity (Wildman–Crippen MR) is 64.9 cm³/mol. The molecule has 0 bridgehead atoms. The first-order valence-electron chi connectivity index (χ1n) is 4.30. The summed E-state index contributed by atoms with van der Waals surface area (Å²) >= 11 is 2.77. The molecular formula is C10H6BrN3O3. The molecule has 1 aromatic carbocycles. The number of nitro benzene ring substituents is 1. The van der Waals surface area contributed by atoms with Gasteiger partial charge in [-0.05, 0) is 28.1 Å². The summed E-state index contributed by atoms with van der Waals surface area (Å²) in [6.45, 7) is 0. The fourth-order valence-corrected chi connectivity index (χ4v) is 1.37. The fraction of sp³-hybridized carbons (Fsp3) is 0. The van der Waals surface area contributed by atoms with E-state index in [1.54, 1.807) is 6.07 Å². The molecule has 17 heavy (non-hydrogen) atoms. The molecule has 0 atom stereocenters. The van der Waals surface area contributed by atoms with Crippen LogP contribution in [0, 0.1) is 26.9 Å². The van der Waals surface area contributed by atoms with Gasteiger partial charge < -0.3 is 5.11 Å². The number of rotatable bonds is 3. The third-order valence-corrected chi connectivity index (χ3v) is 2.32. The minimum atomic E-state index is -0.567. The van der Waals surface area contributed by atoms with E-state index in [9.17, 15) is 15.2 Å². The molecule has 0 saturated heterocycles. The van der Waals surface area contributed by atoms with Crippen LogP contribution in [0.5, 0.6) is 0 Å². The topological polar surface area (TPSA) is 111 Å². The molecule has 0 aromatic heterocycles. The summed E-state index contributed by atoms with van der Waals surface area (Å²) < 4.78 is -0.254. The molecule has 0 radical (unpaired) electrons. The van der Waals surface area contributed by atoms with Gasteiger partial charge in [-0.1, -0.05) is 0 Å². The second-order valence-corrected chi connectivity index (χ2v) is 3.75. The number of nitro groups is 1. The Hall–Kier alpha value is -2.20. The van der Waals surface area contributed by atoms with Crippen molar-refractivity contribution in [3.63, 3.8) is 0 Å². The Morgan fingerprint density at radius 1 is 1.47 bits per heavy atom. The van der Waals surface area contributed by atoms with Gasteiger partial charge in [0.25, 0.3) is 5.69 Å². The quantitative estimate of drug-likeness (QED) is 0.293. The summed E-state index contributed by atoms with van der Waals surface area (Å²) in [6.07, 6.45) is 0. The van der Waals surface area contributed by atoms with E-state index in [0.717, 1.165) is 0 Å². The van der Waals surface area contributed by atoms with Gasteiger partial charge in [-0.2, -0.15) is 5.26 Å². The molecule has 0 aliphatic rings. The second-order valence-electron chi connectivity index (χ2n) is 2.95. The Morgan fingerprint density at radius 3 is 2.35 bits per heavy atom. The number of nitrogens with one attached hydrogen (secondary N) is 1. The number of allylic oxidation sites excluding steroid dienone is 1. The van der Waals surface area contributed by atoms with Gasteiger partial charge in [0, 0.05) is 17.7 Å². The van der Waals surface area contributed by atoms with Crippen molar-refractivity contribution in [2.45, 2.75) is 0 Å². The standard InChI is InChI=1S/C10H6BrN3O3/c11-10(13)8(5-12)9(15)6-1-3-7(4-2-6)14(16)17/h1-4,13,15H/b9-8-,13-10?. The van der Waals surface area contributed by atoms with Crippen molar-refractivity contribution in [2.75, 3.05) is 0 Å². The van der Waals surface area contributed by atoms with E-state index in [0.29, 0.717) is 0 Å². The molecule has 0 saturated carbocycles. The molecule has 6 nitrogen and oxygen atoms in total. The fourth-order valence-electron chi connectivity index (χ4n) is 1.09. The number of aliphatic hydroxyl groups excluding tert-OH is 1. The highest BCUT2D eigenvalue weighted by molar-refractivity contribution is 9.18. The lowest BCUT2D eigenvalue weighted by molar-refractivity contribution is -0.384. The zero-order valence-corrected chi connectivity index (χ0v) is 9.93. The SMILES string of the molecule is N#C/C(C(=N)Br)=C(/O)c1ccc([N+](=O)[O-])cc1. The van der Waals surface area contributed by atoms with E-state index in [1.807, 2.05) is 0 Å². The highest BCUT2D eigenvalue weighted by Gasteiger charge is 2.12. The number of hydrogen-bond acceptors (Lipinski definition) is 5. The summed E-state index contributed by atoms with van der Waals surface area (Å²) in [4.78, 5) is 9.85. The molecule has 7 heteroatoms. The van der Waals surface area contributed by atoms with Crippen LogP contribution >= 0.6 is 15.9 Å². The molecule has 2 N–H and O–H groups in total. The zero-order chi connectivity index (χ0) is 13.0. The zero-order valence-electron chi connectivity index (χ0n) is 8.35. The second kappa shape index (κ2) is 5.23. The highest BCUT2D eigenvalue weighted by atomic mass is 79.9. The summed E-state index contributed by atoms with van der Waals surface area (Å²) in [6, 6.07) is 6.69. The first-order valence-corrected chi connectivity index (χ1v) is 5.09. The molecule has 0 aliphatic carbocycles. The van der Waals surface area contributed by atoms with E-state index in [1.165, 1.54) is 24.3 Å². The van der Waals surface area contributed by atoms with Crippen molar-refractivity contribution in [3.8, 4) is 6.07 Å². The van der Waals surface area contributed by atoms with Crippen LogP contribution in [0.25, 0.3) is 5.76 Å². The maximum absolute atomic E-state index is 10.4. The maximum atomic E-state index is 10.4. The number of benzene rings is 1. The van der Waals surface area contributed by atoms with Crippen molar-refractivity contribution in [3.05, 3.63) is 45.5 Å². The van der Waals surface area contributed by atoms with Gasteiger partial charge in [0.15, 0.2) is 0 Å². The molecular weight excluding hydrogens is 290 g/mol. The number of nitrogens with zero attached hydrogens (tertiary/aromatic N) is 2. The van der Waals surface area contributed by atoms with Gasteiger partial charge in [-0.25, -0.2) is 0 Å². The highest BCUT2D eigenvalue weighted by Crippen LogP contribution is 2.21. The molecule has 0 unspecified atom stereocenters. The Kier molecular flexibility index (Phi) is 3.96. The first-order chi connectivity index (χ1) is 7.97. The average molecular weight is 296 g/mol. The van der Waals surface area contributed by atoms with Crippen LogP contribution in [0.3, 0.4) is 0 Å². The number of nitriles is 1. The third-order valence-electron chi connectivity index (χ3n) is 1.92. The summed E-state index contributed by atoms with van der Waals surface area (Å²) in [5.74, 6) is -0.399. The molecule has 0 heterocycles. The van der Waals surface area contributed by atoms with E-state index in [-0.39, 0.29) is 21.4 Å². The van der Waals surface area contributed by atoms with Crippen molar-refractivity contribution in [1.29, 1.82) is 10.7 Å². The molecule has 1 aromatic rings. The minimum Gasteiger partial charge on any atom is -0.506 e. The van der Waals surface area contributed by atoms with Crippen LogP contribution in [0.1, 0.15) is 5.56 Å². The molecule has 1 rings (SSSR count). The molecule has 0 fully saturated rings. The van der Waals surface area contributed by atoms with E-state index >= 15 is 0 Å². The smallest absolute Gasteiger partial charge is 0.269 e. The monoisotopic (exact) mass is 295 g/mol. The lowest BCUT2D eigenvalue weighted by Crippen LogP contribution is -1.96. The van der Waals surface area contributed by atoms with Gasteiger partial charge >= 0.3 is 0 Å². The Balaban J connectivity index is 3.22. The normalized spacial score (nSPS) is 11.3. The molecule has 0 amide bonds. The molecule has 0 aliphatic heterocycles. The molecule has 86 valence electrons. The van der Waals surface area contributed by atoms with Crippen LogP contribution in [0.15, 0.2) is 29.8 Å². The summed E-state index contributed by atoms with van der Waals surface area (Å²) in [5, 5.41) is 36.0. The molecule has 0 spiro atoms. The minimum absolute atomic E-state index is 0.117. The average Bonchev–Trinajstić information content (AvgIpc) is 2.29. The largest absolute Gasteiger partial charge is 0.506 e. The number of hydrogen-bond donors (Lipinski definition) is 2. The number of non-ortho nitro benzene ring substituents is 1. The maximum Gasteiger partial charge on any atom is 0.269 e. The van der Waals surface area contributed by atoms with Gasteiger partial charge in [0.05, 0.1) is 4.92 Å². The number of aliphatic hydroxyl groups is 1. The van der Waals surface area contributed by atoms with E-state index in [4.69, 9.17) is 10.7 Å². The first kappa shape index (κ1) is 12.9. The summed E-state index contributed by atoms with van der Waals surface area (Å²) in [5.41, 5.74) is -0.121. The van der Waals surface area contributed by atoms with Crippen molar-refractivity contribution < 1.29 is 10.0 Å². The Morgan fingerprint density at radius 2 is 2.00 bits per heavy atom. The van der Waals surface area contributed by atoms with Gasteiger partial charge in [0.2, 0.25) is 0 Å².